The van der Waals surface area contributed by atoms with Gasteiger partial charge >= 0.3 is 0 Å². The first-order valence-corrected chi connectivity index (χ1v) is 12.1. The third-order valence-electron chi connectivity index (χ3n) is 5.25. The molecule has 0 saturated carbocycles. The van der Waals surface area contributed by atoms with Gasteiger partial charge in [-0.2, -0.15) is 5.10 Å². The maximum atomic E-state index is 13.6. The smallest absolute Gasteiger partial charge is 0.264 e. The maximum absolute atomic E-state index is 13.6. The van der Waals surface area contributed by atoms with E-state index in [9.17, 15) is 17.6 Å². The maximum Gasteiger partial charge on any atom is 0.264 e. The molecule has 2 N–H and O–H groups in total. The first-order valence-electron chi connectivity index (χ1n) is 10.6. The van der Waals surface area contributed by atoms with Gasteiger partial charge in [0, 0.05) is 6.07 Å². The van der Waals surface area contributed by atoms with Crippen LogP contribution in [0, 0.1) is 12.7 Å². The van der Waals surface area contributed by atoms with Crippen molar-refractivity contribution in [2.75, 3.05) is 23.3 Å². The molecule has 0 atom stereocenters. The van der Waals surface area contributed by atoms with Gasteiger partial charge in [0.15, 0.2) is 5.82 Å². The number of nitrogens with zero attached hydrogens (tertiary/aromatic N) is 2. The molecule has 0 fully saturated rings. The van der Waals surface area contributed by atoms with Crippen molar-refractivity contribution >= 4 is 27.4 Å². The number of aromatic nitrogens is 2. The summed E-state index contributed by atoms with van der Waals surface area (Å²) >= 11 is 0. The van der Waals surface area contributed by atoms with Crippen molar-refractivity contribution in [3.8, 4) is 17.0 Å². The molecular formula is C25H23FN4O4S. The van der Waals surface area contributed by atoms with E-state index < -0.39 is 22.5 Å². The quantitative estimate of drug-likeness (QED) is 0.379. The molecule has 180 valence electrons. The van der Waals surface area contributed by atoms with Crippen LogP contribution in [0.1, 0.15) is 5.56 Å². The largest absolute Gasteiger partial charge is 0.495 e. The van der Waals surface area contributed by atoms with Crippen LogP contribution >= 0.6 is 0 Å². The molecule has 8 nitrogen and oxygen atoms in total. The minimum atomic E-state index is -4.10. The Kier molecular flexibility index (Phi) is 6.83. The normalized spacial score (nSPS) is 11.2. The summed E-state index contributed by atoms with van der Waals surface area (Å²) in [5.41, 5.74) is 2.37. The summed E-state index contributed by atoms with van der Waals surface area (Å²) in [5.74, 6) is -0.479. The van der Waals surface area contributed by atoms with Gasteiger partial charge in [-0.25, -0.2) is 12.8 Å². The molecule has 1 aromatic heterocycles. The van der Waals surface area contributed by atoms with E-state index in [1.165, 1.54) is 31.4 Å². The Morgan fingerprint density at radius 2 is 1.74 bits per heavy atom. The van der Waals surface area contributed by atoms with E-state index in [1.54, 1.807) is 54.6 Å². The number of hydrogen-bond donors (Lipinski definition) is 2. The minimum Gasteiger partial charge on any atom is -0.495 e. The van der Waals surface area contributed by atoms with Gasteiger partial charge < -0.3 is 10.1 Å². The molecule has 4 rings (SSSR count). The minimum absolute atomic E-state index is 0.0418. The van der Waals surface area contributed by atoms with Gasteiger partial charge in [-0.1, -0.05) is 29.8 Å². The Morgan fingerprint density at radius 3 is 2.43 bits per heavy atom. The van der Waals surface area contributed by atoms with Crippen LogP contribution in [0.2, 0.25) is 0 Å². The van der Waals surface area contributed by atoms with Crippen LogP contribution in [0.5, 0.6) is 5.75 Å². The fourth-order valence-electron chi connectivity index (χ4n) is 3.45. The van der Waals surface area contributed by atoms with E-state index in [2.05, 4.69) is 15.5 Å². The SMILES string of the molecule is COc1ccccc1N(CC(=O)Nc1cc(-c2ccc(F)cc2)[nH]n1)S(=O)(=O)c1ccc(C)cc1. The lowest BCUT2D eigenvalue weighted by molar-refractivity contribution is -0.114. The number of methoxy groups -OCH3 is 1. The molecule has 0 aliphatic carbocycles. The number of sulfonamides is 1. The summed E-state index contributed by atoms with van der Waals surface area (Å²) < 4.78 is 46.7. The van der Waals surface area contributed by atoms with Gasteiger partial charge in [0.2, 0.25) is 5.91 Å². The van der Waals surface area contributed by atoms with E-state index in [4.69, 9.17) is 4.74 Å². The predicted octanol–water partition coefficient (Wildman–Crippen LogP) is 4.37. The zero-order valence-electron chi connectivity index (χ0n) is 19.0. The number of H-pyrrole nitrogens is 1. The fraction of sp³-hybridized carbons (Fsp3) is 0.120. The van der Waals surface area contributed by atoms with Crippen LogP contribution in [-0.4, -0.2) is 38.2 Å². The summed E-state index contributed by atoms with van der Waals surface area (Å²) in [6.07, 6.45) is 0. The zero-order chi connectivity index (χ0) is 25.0. The van der Waals surface area contributed by atoms with E-state index in [1.807, 2.05) is 6.92 Å². The highest BCUT2D eigenvalue weighted by atomic mass is 32.2. The number of benzene rings is 3. The average Bonchev–Trinajstić information content (AvgIpc) is 3.31. The van der Waals surface area contributed by atoms with Gasteiger partial charge in [-0.05, 0) is 61.0 Å². The van der Waals surface area contributed by atoms with Crippen molar-refractivity contribution in [1.82, 2.24) is 10.2 Å². The van der Waals surface area contributed by atoms with E-state index in [0.29, 0.717) is 17.0 Å². The number of halogens is 1. The summed E-state index contributed by atoms with van der Waals surface area (Å²) in [7, 11) is -2.68. The fourth-order valence-corrected chi connectivity index (χ4v) is 4.88. The second-order valence-electron chi connectivity index (χ2n) is 7.72. The number of aromatic amines is 1. The van der Waals surface area contributed by atoms with Crippen molar-refractivity contribution in [2.24, 2.45) is 0 Å². The third-order valence-corrected chi connectivity index (χ3v) is 7.02. The number of carbonyl (C=O) groups is 1. The Morgan fingerprint density at radius 1 is 1.06 bits per heavy atom. The molecule has 4 aromatic rings. The first kappa shape index (κ1) is 24.0. The second kappa shape index (κ2) is 9.98. The number of aryl methyl sites for hydroxylation is 1. The lowest BCUT2D eigenvalue weighted by atomic mass is 10.1. The molecular weight excluding hydrogens is 471 g/mol. The highest BCUT2D eigenvalue weighted by Gasteiger charge is 2.29. The number of hydrogen-bond acceptors (Lipinski definition) is 5. The molecule has 10 heteroatoms. The van der Waals surface area contributed by atoms with Gasteiger partial charge in [0.25, 0.3) is 10.0 Å². The lowest BCUT2D eigenvalue weighted by Gasteiger charge is -2.25. The number of rotatable bonds is 8. The van der Waals surface area contributed by atoms with E-state index in [-0.39, 0.29) is 22.2 Å². The van der Waals surface area contributed by atoms with Gasteiger partial charge in [0.1, 0.15) is 18.1 Å². The zero-order valence-corrected chi connectivity index (χ0v) is 19.8. The van der Waals surface area contributed by atoms with Gasteiger partial charge in [0.05, 0.1) is 23.4 Å². The second-order valence-corrected chi connectivity index (χ2v) is 9.58. The topological polar surface area (TPSA) is 104 Å². The van der Waals surface area contributed by atoms with Crippen molar-refractivity contribution in [3.63, 3.8) is 0 Å². The van der Waals surface area contributed by atoms with Crippen LogP contribution in [-0.2, 0) is 14.8 Å². The molecule has 0 spiro atoms. The number of para-hydroxylation sites is 2. The van der Waals surface area contributed by atoms with Gasteiger partial charge in [-0.3, -0.25) is 14.2 Å². The molecule has 1 amide bonds. The molecule has 3 aromatic carbocycles. The Labute approximate surface area is 202 Å². The standard InChI is InChI=1S/C25H23FN4O4S/c1-17-7-13-20(14-8-17)35(32,33)30(22-5-3-4-6-23(22)34-2)16-25(31)27-24-15-21(28-29-24)18-9-11-19(26)12-10-18/h3-15H,16H2,1-2H3,(H2,27,28,29,31). The number of anilines is 2. The van der Waals surface area contributed by atoms with E-state index in [0.717, 1.165) is 9.87 Å². The van der Waals surface area contributed by atoms with Crippen molar-refractivity contribution in [1.29, 1.82) is 0 Å². The molecule has 0 aliphatic heterocycles. The Bertz CT molecular complexity index is 1440. The molecule has 1 heterocycles. The average molecular weight is 495 g/mol. The molecule has 35 heavy (non-hydrogen) atoms. The molecule has 0 bridgehead atoms. The van der Waals surface area contributed by atoms with Crippen molar-refractivity contribution in [2.45, 2.75) is 11.8 Å². The highest BCUT2D eigenvalue weighted by molar-refractivity contribution is 7.92. The number of nitrogens with one attached hydrogen (secondary N) is 2. The lowest BCUT2D eigenvalue weighted by Crippen LogP contribution is -2.38. The van der Waals surface area contributed by atoms with Crippen LogP contribution in [0.15, 0.2) is 83.8 Å². The van der Waals surface area contributed by atoms with Crippen LogP contribution in [0.4, 0.5) is 15.9 Å². The van der Waals surface area contributed by atoms with Crippen LogP contribution in [0.25, 0.3) is 11.3 Å². The summed E-state index contributed by atoms with van der Waals surface area (Å²) in [4.78, 5) is 13.0. The predicted molar refractivity (Wildman–Crippen MR) is 131 cm³/mol. The molecule has 0 saturated heterocycles. The van der Waals surface area contributed by atoms with E-state index >= 15 is 0 Å². The monoisotopic (exact) mass is 494 g/mol. The molecule has 0 radical (unpaired) electrons. The van der Waals surface area contributed by atoms with Crippen molar-refractivity contribution < 1.29 is 22.3 Å². The summed E-state index contributed by atoms with van der Waals surface area (Å²) in [6.45, 7) is 1.33. The Hall–Kier alpha value is -4.18. The van der Waals surface area contributed by atoms with Crippen LogP contribution in [0.3, 0.4) is 0 Å². The number of carbonyl (C=O) groups excluding carboxylic acids is 1. The number of amides is 1. The summed E-state index contributed by atoms with van der Waals surface area (Å²) in [5, 5.41) is 9.44. The van der Waals surface area contributed by atoms with Crippen LogP contribution < -0.4 is 14.4 Å². The highest BCUT2D eigenvalue weighted by Crippen LogP contribution is 2.32. The first-order chi connectivity index (χ1) is 16.8. The Balaban J connectivity index is 1.62. The van der Waals surface area contributed by atoms with Gasteiger partial charge in [-0.15, -0.1) is 0 Å². The number of ether oxygens (including phenoxy) is 1. The molecule has 0 unspecified atom stereocenters. The van der Waals surface area contributed by atoms with Crippen molar-refractivity contribution in [3.05, 3.63) is 90.2 Å². The summed E-state index contributed by atoms with van der Waals surface area (Å²) in [6, 6.07) is 20.3. The molecule has 0 aliphatic rings. The third kappa shape index (κ3) is 5.33.